The third-order valence-corrected chi connectivity index (χ3v) is 7.36. The Kier molecular flexibility index (Phi) is 8.62. The maximum atomic E-state index is 13.1. The number of ether oxygens (including phenoxy) is 1. The van der Waals surface area contributed by atoms with Crippen molar-refractivity contribution in [3.05, 3.63) is 141 Å². The van der Waals surface area contributed by atoms with Gasteiger partial charge >= 0.3 is 5.97 Å². The summed E-state index contributed by atoms with van der Waals surface area (Å²) in [4.78, 5) is 17.8. The van der Waals surface area contributed by atoms with Gasteiger partial charge in [-0.1, -0.05) is 51.1 Å². The van der Waals surface area contributed by atoms with Crippen molar-refractivity contribution in [3.63, 3.8) is 0 Å². The summed E-state index contributed by atoms with van der Waals surface area (Å²) in [7, 11) is 0. The van der Waals surface area contributed by atoms with E-state index in [0.717, 1.165) is 75.5 Å². The lowest BCUT2D eigenvalue weighted by Crippen LogP contribution is -2.25. The van der Waals surface area contributed by atoms with E-state index in [2.05, 4.69) is 67.1 Å². The molecule has 0 unspecified atom stereocenters. The van der Waals surface area contributed by atoms with Crippen LogP contribution in [-0.2, 0) is 9.53 Å². The molecule has 1 aliphatic heterocycles. The number of aryl methyl sites for hydroxylation is 1. The van der Waals surface area contributed by atoms with E-state index < -0.39 is 0 Å². The Labute approximate surface area is 242 Å². The van der Waals surface area contributed by atoms with Crippen LogP contribution in [0.2, 0.25) is 0 Å². The van der Waals surface area contributed by atoms with E-state index in [1.165, 1.54) is 5.57 Å². The molecule has 5 rings (SSSR count). The van der Waals surface area contributed by atoms with Crippen LogP contribution in [0.3, 0.4) is 0 Å². The summed E-state index contributed by atoms with van der Waals surface area (Å²) in [6, 6.07) is 12.6. The fourth-order valence-electron chi connectivity index (χ4n) is 5.24. The molecule has 1 aromatic carbocycles. The summed E-state index contributed by atoms with van der Waals surface area (Å²) in [6.45, 7) is 10.4. The van der Waals surface area contributed by atoms with Gasteiger partial charge in [-0.25, -0.2) is 4.79 Å². The number of rotatable bonds is 8. The number of carbonyl (C=O) groups is 1. The Bertz CT molecular complexity index is 1740. The van der Waals surface area contributed by atoms with Gasteiger partial charge in [0, 0.05) is 5.69 Å². The van der Waals surface area contributed by atoms with E-state index in [4.69, 9.17) is 9.72 Å². The van der Waals surface area contributed by atoms with Gasteiger partial charge in [0.15, 0.2) is 0 Å². The second kappa shape index (κ2) is 12.7. The van der Waals surface area contributed by atoms with Crippen molar-refractivity contribution >= 4 is 29.4 Å². The Hall–Kier alpha value is -4.66. The van der Waals surface area contributed by atoms with Gasteiger partial charge in [-0.05, 0) is 131 Å². The number of benzene rings is 1. The number of dihydropyridines is 1. The number of hydrogen-bond donors (Lipinski definition) is 1. The zero-order chi connectivity index (χ0) is 28.8. The summed E-state index contributed by atoms with van der Waals surface area (Å²) >= 11 is 0. The lowest BCUT2D eigenvalue weighted by atomic mass is 9.95. The monoisotopic (exact) mass is 540 g/mol. The zero-order valence-corrected chi connectivity index (χ0v) is 24.0. The fraction of sp³-hybridized carbons (Fsp3) is 0.216. The van der Waals surface area contributed by atoms with Gasteiger partial charge in [-0.3, -0.25) is 4.98 Å². The molecule has 0 amide bonds. The highest BCUT2D eigenvalue weighted by molar-refractivity contribution is 5.93. The number of esters is 1. The molecular weight excluding hydrogens is 504 g/mol. The highest BCUT2D eigenvalue weighted by atomic mass is 16.5. The summed E-state index contributed by atoms with van der Waals surface area (Å²) in [5.41, 5.74) is 11.6. The van der Waals surface area contributed by atoms with Crippen molar-refractivity contribution in [2.24, 2.45) is 0 Å². The topological polar surface area (TPSA) is 51.2 Å². The first kappa shape index (κ1) is 27.9. The first-order valence-electron chi connectivity index (χ1n) is 14.3. The van der Waals surface area contributed by atoms with Crippen LogP contribution in [0.4, 0.5) is 0 Å². The molecule has 4 heteroatoms. The lowest BCUT2D eigenvalue weighted by molar-refractivity contribution is -0.144. The lowest BCUT2D eigenvalue weighted by Gasteiger charge is -2.18. The maximum absolute atomic E-state index is 13.1. The molecule has 2 aliphatic carbocycles. The van der Waals surface area contributed by atoms with Crippen LogP contribution < -0.4 is 15.8 Å². The molecule has 0 saturated carbocycles. The molecule has 0 spiro atoms. The molecule has 206 valence electrons. The average Bonchev–Trinajstić information content (AvgIpc) is 3.33. The molecule has 1 aromatic heterocycles. The van der Waals surface area contributed by atoms with Crippen LogP contribution in [0, 0.1) is 6.92 Å². The Balaban J connectivity index is 1.54. The number of pyridine rings is 1. The van der Waals surface area contributed by atoms with Crippen molar-refractivity contribution in [1.29, 1.82) is 0 Å². The van der Waals surface area contributed by atoms with Crippen LogP contribution in [0.1, 0.15) is 56.5 Å². The highest BCUT2D eigenvalue weighted by Crippen LogP contribution is 2.29. The molecular formula is C37H36N2O2. The first-order chi connectivity index (χ1) is 19.9. The van der Waals surface area contributed by atoms with Gasteiger partial charge in [0.1, 0.15) is 6.10 Å². The Morgan fingerprint density at radius 3 is 2.78 bits per heavy atom. The molecule has 3 aliphatic rings. The Morgan fingerprint density at radius 1 is 1.10 bits per heavy atom. The third kappa shape index (κ3) is 6.57. The van der Waals surface area contributed by atoms with Crippen LogP contribution in [-0.4, -0.2) is 17.1 Å². The van der Waals surface area contributed by atoms with Crippen LogP contribution in [0.25, 0.3) is 23.4 Å². The summed E-state index contributed by atoms with van der Waals surface area (Å²) in [6.07, 6.45) is 21.2. The maximum Gasteiger partial charge on any atom is 0.339 e. The van der Waals surface area contributed by atoms with Gasteiger partial charge < -0.3 is 10.1 Å². The second-order valence-corrected chi connectivity index (χ2v) is 10.5. The van der Waals surface area contributed by atoms with E-state index in [-0.39, 0.29) is 12.1 Å². The molecule has 4 nitrogen and oxygen atoms in total. The molecule has 41 heavy (non-hydrogen) atoms. The molecule has 0 bridgehead atoms. The average molecular weight is 541 g/mol. The minimum Gasteiger partial charge on any atom is -0.459 e. The third-order valence-electron chi connectivity index (χ3n) is 7.36. The van der Waals surface area contributed by atoms with Crippen molar-refractivity contribution in [1.82, 2.24) is 10.3 Å². The van der Waals surface area contributed by atoms with Crippen molar-refractivity contribution in [2.75, 3.05) is 0 Å². The van der Waals surface area contributed by atoms with Crippen LogP contribution in [0.5, 0.6) is 0 Å². The number of nitrogens with zero attached hydrogens (tertiary/aromatic N) is 1. The number of carbonyl (C=O) groups excluding carboxylic acids is 1. The van der Waals surface area contributed by atoms with Gasteiger partial charge in [0.25, 0.3) is 0 Å². The van der Waals surface area contributed by atoms with E-state index in [0.29, 0.717) is 5.57 Å². The number of nitrogens with one attached hydrogen (secondary N) is 1. The summed E-state index contributed by atoms with van der Waals surface area (Å²) in [5, 5.41) is 5.61. The number of fused-ring (bicyclic) bond motifs is 1. The number of allylic oxidation sites excluding steroid dienone is 8. The van der Waals surface area contributed by atoms with Gasteiger partial charge in [-0.2, -0.15) is 0 Å². The molecule has 0 fully saturated rings. The molecule has 0 radical (unpaired) electrons. The van der Waals surface area contributed by atoms with E-state index in [9.17, 15) is 4.79 Å². The van der Waals surface area contributed by atoms with Crippen LogP contribution in [0.15, 0.2) is 114 Å². The molecule has 2 heterocycles. The predicted molar refractivity (Wildman–Crippen MR) is 168 cm³/mol. The number of aromatic nitrogens is 1. The zero-order valence-electron chi connectivity index (χ0n) is 24.0. The van der Waals surface area contributed by atoms with Crippen LogP contribution >= 0.6 is 0 Å². The first-order valence-corrected chi connectivity index (χ1v) is 14.3. The van der Waals surface area contributed by atoms with Gasteiger partial charge in [0.05, 0.1) is 17.0 Å². The van der Waals surface area contributed by atoms with E-state index >= 15 is 0 Å². The van der Waals surface area contributed by atoms with E-state index in [1.807, 2.05) is 56.5 Å². The van der Waals surface area contributed by atoms with Gasteiger partial charge in [-0.15, -0.1) is 5.73 Å². The quantitative estimate of drug-likeness (QED) is 0.306. The summed E-state index contributed by atoms with van der Waals surface area (Å²) < 4.78 is 5.81. The van der Waals surface area contributed by atoms with Crippen molar-refractivity contribution in [2.45, 2.75) is 52.6 Å². The standard InChI is InChI=1S/C37H36N2O2/c1-5-11-33(6-2)41-37(40)30-14-8-7-13-27(22-30)31-21-25(3)20-28-17-18-29(23-32(28)24-31)34-15-10-19-38-36(34)35-16-9-12-26(4)39-35/h7,9-10,12-14,16-24,33,38H,3,5-6,11,15H2,1-2,4H3/t33-/m0/s1. The smallest absolute Gasteiger partial charge is 0.339 e. The molecule has 0 saturated heterocycles. The molecule has 2 aromatic rings. The largest absolute Gasteiger partial charge is 0.459 e. The minimum absolute atomic E-state index is 0.0804. The van der Waals surface area contributed by atoms with Crippen molar-refractivity contribution < 1.29 is 9.53 Å². The SMILES string of the molecule is C=C1C=C(C2=CC=C=CC(C(=O)O[C@@H](CC)CCC)=C2)C=c2cc(C3=C(c4cccc(C)n4)NC=CC3)ccc2=C1. The fourth-order valence-corrected chi connectivity index (χ4v) is 5.24. The van der Waals surface area contributed by atoms with Crippen molar-refractivity contribution in [3.8, 4) is 0 Å². The number of hydrogen-bond acceptors (Lipinski definition) is 4. The normalized spacial score (nSPS) is 16.7. The minimum atomic E-state index is -0.316. The summed E-state index contributed by atoms with van der Waals surface area (Å²) in [5.74, 6) is -0.316. The van der Waals surface area contributed by atoms with E-state index in [1.54, 1.807) is 6.08 Å². The molecule has 1 N–H and O–H groups in total. The Morgan fingerprint density at radius 2 is 1.98 bits per heavy atom. The highest BCUT2D eigenvalue weighted by Gasteiger charge is 2.18. The second-order valence-electron chi connectivity index (χ2n) is 10.5. The van der Waals surface area contributed by atoms with Gasteiger partial charge in [0.2, 0.25) is 0 Å². The predicted octanol–water partition coefficient (Wildman–Crippen LogP) is 6.52. The molecule has 1 atom stereocenters.